The third-order valence-electron chi connectivity index (χ3n) is 2.47. The summed E-state index contributed by atoms with van der Waals surface area (Å²) in [5.74, 6) is 0. The molecule has 0 bridgehead atoms. The summed E-state index contributed by atoms with van der Waals surface area (Å²) in [7, 11) is -3.70. The second-order valence-corrected chi connectivity index (χ2v) is 6.92. The number of rotatable bonds is 6. The summed E-state index contributed by atoms with van der Waals surface area (Å²) in [6.45, 7) is 2.16. The van der Waals surface area contributed by atoms with Gasteiger partial charge in [0.2, 0.25) is 10.0 Å². The van der Waals surface area contributed by atoms with Gasteiger partial charge in [0, 0.05) is 17.9 Å². The molecule has 1 rings (SSSR count). The third-order valence-corrected chi connectivity index (χ3v) is 4.86. The Balaban J connectivity index is 2.96. The molecule has 1 unspecified atom stereocenters. The average molecular weight is 305 g/mol. The SMILES string of the molecule is CSC(C)CNS(=O)(=O)c1ccc([N+](=O)[O-])c(N)c1. The predicted molar refractivity (Wildman–Crippen MR) is 75.7 cm³/mol. The Bertz CT molecular complexity index is 574. The lowest BCUT2D eigenvalue weighted by atomic mass is 10.3. The monoisotopic (exact) mass is 305 g/mol. The molecule has 0 heterocycles. The van der Waals surface area contributed by atoms with E-state index in [1.807, 2.05) is 13.2 Å². The zero-order chi connectivity index (χ0) is 14.6. The molecular weight excluding hydrogens is 290 g/mol. The van der Waals surface area contributed by atoms with Crippen molar-refractivity contribution in [2.24, 2.45) is 0 Å². The van der Waals surface area contributed by atoms with E-state index in [-0.39, 0.29) is 28.1 Å². The van der Waals surface area contributed by atoms with Crippen LogP contribution in [0.1, 0.15) is 6.92 Å². The van der Waals surface area contributed by atoms with Gasteiger partial charge in [-0.05, 0) is 18.4 Å². The molecule has 0 aromatic heterocycles. The number of nitrogen functional groups attached to an aromatic ring is 1. The number of anilines is 1. The minimum absolute atomic E-state index is 0.0797. The number of nitro benzene ring substituents is 1. The van der Waals surface area contributed by atoms with Gasteiger partial charge >= 0.3 is 0 Å². The number of sulfonamides is 1. The summed E-state index contributed by atoms with van der Waals surface area (Å²) in [5, 5.41) is 10.7. The molecule has 0 spiro atoms. The largest absolute Gasteiger partial charge is 0.393 e. The van der Waals surface area contributed by atoms with Crippen LogP contribution in [0.15, 0.2) is 23.1 Å². The van der Waals surface area contributed by atoms with Gasteiger partial charge in [-0.15, -0.1) is 0 Å². The van der Waals surface area contributed by atoms with E-state index in [0.717, 1.165) is 12.1 Å². The van der Waals surface area contributed by atoms with Crippen molar-refractivity contribution in [3.05, 3.63) is 28.3 Å². The first-order valence-electron chi connectivity index (χ1n) is 5.34. The van der Waals surface area contributed by atoms with Crippen LogP contribution in [-0.2, 0) is 10.0 Å². The summed E-state index contributed by atoms with van der Waals surface area (Å²) < 4.78 is 26.3. The van der Waals surface area contributed by atoms with Gasteiger partial charge in [0.05, 0.1) is 9.82 Å². The summed E-state index contributed by atoms with van der Waals surface area (Å²) >= 11 is 1.53. The highest BCUT2D eigenvalue weighted by molar-refractivity contribution is 7.99. The summed E-state index contributed by atoms with van der Waals surface area (Å²) in [5.41, 5.74) is 4.98. The fourth-order valence-electron chi connectivity index (χ4n) is 1.26. The lowest BCUT2D eigenvalue weighted by molar-refractivity contribution is -0.383. The maximum Gasteiger partial charge on any atom is 0.292 e. The summed E-state index contributed by atoms with van der Waals surface area (Å²) in [4.78, 5) is 9.86. The van der Waals surface area contributed by atoms with Crippen molar-refractivity contribution in [3.63, 3.8) is 0 Å². The van der Waals surface area contributed by atoms with E-state index in [9.17, 15) is 18.5 Å². The second kappa shape index (κ2) is 6.22. The van der Waals surface area contributed by atoms with E-state index in [0.29, 0.717) is 0 Å². The Kier molecular flexibility index (Phi) is 5.15. The molecule has 1 aromatic carbocycles. The molecule has 0 aliphatic carbocycles. The molecule has 1 aromatic rings. The van der Waals surface area contributed by atoms with Gasteiger partial charge in [-0.25, -0.2) is 13.1 Å². The smallest absolute Gasteiger partial charge is 0.292 e. The molecular formula is C10H15N3O4S2. The van der Waals surface area contributed by atoms with Gasteiger partial charge in [0.1, 0.15) is 5.69 Å². The normalized spacial score (nSPS) is 13.2. The Hall–Kier alpha value is -1.32. The van der Waals surface area contributed by atoms with Crippen molar-refractivity contribution >= 4 is 33.2 Å². The highest BCUT2D eigenvalue weighted by Gasteiger charge is 2.19. The fraction of sp³-hybridized carbons (Fsp3) is 0.400. The topological polar surface area (TPSA) is 115 Å². The summed E-state index contributed by atoms with van der Waals surface area (Å²) in [6.07, 6.45) is 1.88. The fourth-order valence-corrected chi connectivity index (χ4v) is 2.78. The highest BCUT2D eigenvalue weighted by Crippen LogP contribution is 2.24. The number of hydrogen-bond acceptors (Lipinski definition) is 6. The predicted octanol–water partition coefficient (Wildman–Crippen LogP) is 1.21. The maximum absolute atomic E-state index is 11.9. The van der Waals surface area contributed by atoms with Crippen LogP contribution in [-0.4, -0.2) is 31.4 Å². The molecule has 0 radical (unpaired) electrons. The number of thioether (sulfide) groups is 1. The highest BCUT2D eigenvalue weighted by atomic mass is 32.2. The maximum atomic E-state index is 11.9. The standard InChI is InChI=1S/C10H15N3O4S2/c1-7(18-2)6-12-19(16,17)8-3-4-10(13(14)15)9(11)5-8/h3-5,7,12H,6,11H2,1-2H3. The first kappa shape index (κ1) is 15.7. The molecule has 1 atom stereocenters. The zero-order valence-corrected chi connectivity index (χ0v) is 12.1. The van der Waals surface area contributed by atoms with Gasteiger partial charge in [-0.2, -0.15) is 11.8 Å². The van der Waals surface area contributed by atoms with Crippen molar-refractivity contribution in [1.29, 1.82) is 0 Å². The first-order valence-corrected chi connectivity index (χ1v) is 8.11. The zero-order valence-electron chi connectivity index (χ0n) is 10.5. The van der Waals surface area contributed by atoms with E-state index >= 15 is 0 Å². The minimum Gasteiger partial charge on any atom is -0.393 e. The van der Waals surface area contributed by atoms with Crippen molar-refractivity contribution in [3.8, 4) is 0 Å². The van der Waals surface area contributed by atoms with E-state index in [1.165, 1.54) is 17.8 Å². The van der Waals surface area contributed by atoms with E-state index in [1.54, 1.807) is 0 Å². The van der Waals surface area contributed by atoms with Crippen molar-refractivity contribution < 1.29 is 13.3 Å². The van der Waals surface area contributed by atoms with Gasteiger partial charge < -0.3 is 5.73 Å². The third kappa shape index (κ3) is 4.08. The van der Waals surface area contributed by atoms with Crippen LogP contribution in [0.5, 0.6) is 0 Å². The second-order valence-electron chi connectivity index (χ2n) is 3.88. The average Bonchev–Trinajstić information content (AvgIpc) is 2.35. The van der Waals surface area contributed by atoms with E-state index < -0.39 is 14.9 Å². The Labute approximate surface area is 115 Å². The molecule has 9 heteroatoms. The van der Waals surface area contributed by atoms with Gasteiger partial charge in [-0.1, -0.05) is 6.92 Å². The van der Waals surface area contributed by atoms with Gasteiger partial charge in [-0.3, -0.25) is 10.1 Å². The van der Waals surface area contributed by atoms with Crippen molar-refractivity contribution in [2.75, 3.05) is 18.5 Å². The number of nitro groups is 1. The van der Waals surface area contributed by atoms with Gasteiger partial charge in [0.25, 0.3) is 5.69 Å². The number of nitrogens with two attached hydrogens (primary N) is 1. The lowest BCUT2D eigenvalue weighted by Crippen LogP contribution is -2.29. The number of nitrogens with zero attached hydrogens (tertiary/aromatic N) is 1. The Morgan fingerprint density at radius 2 is 2.16 bits per heavy atom. The molecule has 19 heavy (non-hydrogen) atoms. The van der Waals surface area contributed by atoms with Crippen LogP contribution < -0.4 is 10.5 Å². The van der Waals surface area contributed by atoms with Gasteiger partial charge in [0.15, 0.2) is 0 Å². The number of benzene rings is 1. The minimum atomic E-state index is -3.70. The van der Waals surface area contributed by atoms with Crippen LogP contribution in [0.25, 0.3) is 0 Å². The van der Waals surface area contributed by atoms with Crippen molar-refractivity contribution in [2.45, 2.75) is 17.1 Å². The quantitative estimate of drug-likeness (QED) is 0.463. The molecule has 0 aliphatic rings. The Morgan fingerprint density at radius 1 is 1.53 bits per heavy atom. The molecule has 0 aliphatic heterocycles. The first-order chi connectivity index (χ1) is 8.77. The van der Waals surface area contributed by atoms with Crippen LogP contribution >= 0.6 is 11.8 Å². The number of nitrogens with one attached hydrogen (secondary N) is 1. The molecule has 3 N–H and O–H groups in total. The lowest BCUT2D eigenvalue weighted by Gasteiger charge is -2.11. The van der Waals surface area contributed by atoms with Crippen LogP contribution in [0, 0.1) is 10.1 Å². The van der Waals surface area contributed by atoms with Crippen LogP contribution in [0.3, 0.4) is 0 Å². The molecule has 0 saturated heterocycles. The molecule has 0 fully saturated rings. The van der Waals surface area contributed by atoms with E-state index in [2.05, 4.69) is 4.72 Å². The molecule has 0 amide bonds. The Morgan fingerprint density at radius 3 is 2.63 bits per heavy atom. The van der Waals surface area contributed by atoms with E-state index in [4.69, 9.17) is 5.73 Å². The molecule has 106 valence electrons. The van der Waals surface area contributed by atoms with Crippen LogP contribution in [0.4, 0.5) is 11.4 Å². The molecule has 0 saturated carbocycles. The van der Waals surface area contributed by atoms with Crippen LogP contribution in [0.2, 0.25) is 0 Å². The van der Waals surface area contributed by atoms with Crippen molar-refractivity contribution in [1.82, 2.24) is 4.72 Å². The summed E-state index contributed by atoms with van der Waals surface area (Å²) in [6, 6.07) is 3.34. The molecule has 7 nitrogen and oxygen atoms in total. The number of hydrogen-bond donors (Lipinski definition) is 2.